The molecule has 0 aliphatic heterocycles. The lowest BCUT2D eigenvalue weighted by Crippen LogP contribution is -2.32. The Hall–Kier alpha value is -2.04. The van der Waals surface area contributed by atoms with Crippen molar-refractivity contribution >= 4 is 0 Å². The molecule has 0 aromatic carbocycles. The van der Waals surface area contributed by atoms with Crippen LogP contribution in [0.15, 0.2) is 29.3 Å². The number of aromatic nitrogens is 3. The molecule has 1 aliphatic carbocycles. The molecular formula is C15H20N4O. The number of aryl methyl sites for hydroxylation is 1. The molecule has 3 rings (SSSR count). The fraction of sp³-hybridized carbons (Fsp3) is 0.467. The van der Waals surface area contributed by atoms with Crippen molar-refractivity contribution in [2.24, 2.45) is 0 Å². The molecule has 1 saturated carbocycles. The van der Waals surface area contributed by atoms with E-state index in [0.29, 0.717) is 5.92 Å². The summed E-state index contributed by atoms with van der Waals surface area (Å²) in [5.74, 6) is 7.22. The highest BCUT2D eigenvalue weighted by molar-refractivity contribution is 5.35. The van der Waals surface area contributed by atoms with Gasteiger partial charge in [-0.15, -0.1) is 0 Å². The molecule has 0 unspecified atom stereocenters. The third kappa shape index (κ3) is 2.24. The van der Waals surface area contributed by atoms with Crippen molar-refractivity contribution < 1.29 is 0 Å². The van der Waals surface area contributed by atoms with Gasteiger partial charge in [-0.2, -0.15) is 0 Å². The second-order valence-electron chi connectivity index (χ2n) is 5.53. The van der Waals surface area contributed by atoms with Gasteiger partial charge in [-0.3, -0.25) is 4.79 Å². The molecule has 1 fully saturated rings. The molecule has 20 heavy (non-hydrogen) atoms. The number of imidazole rings is 1. The minimum absolute atomic E-state index is 0.156. The second-order valence-corrected chi connectivity index (χ2v) is 5.53. The van der Waals surface area contributed by atoms with Gasteiger partial charge in [0, 0.05) is 30.1 Å². The van der Waals surface area contributed by atoms with Gasteiger partial charge >= 0.3 is 0 Å². The summed E-state index contributed by atoms with van der Waals surface area (Å²) in [4.78, 5) is 16.3. The summed E-state index contributed by atoms with van der Waals surface area (Å²) in [6.07, 6.45) is 9.55. The monoisotopic (exact) mass is 272 g/mol. The molecule has 2 aromatic rings. The first-order chi connectivity index (χ1) is 9.66. The summed E-state index contributed by atoms with van der Waals surface area (Å²) >= 11 is 0. The Kier molecular flexibility index (Phi) is 3.34. The molecule has 0 amide bonds. The van der Waals surface area contributed by atoms with E-state index in [4.69, 9.17) is 5.84 Å². The van der Waals surface area contributed by atoms with Crippen molar-refractivity contribution in [2.45, 2.75) is 44.9 Å². The van der Waals surface area contributed by atoms with Crippen molar-refractivity contribution in [3.05, 3.63) is 46.4 Å². The normalized spacial score (nSPS) is 16.4. The van der Waals surface area contributed by atoms with E-state index >= 15 is 0 Å². The van der Waals surface area contributed by atoms with Crippen LogP contribution in [0, 0.1) is 6.92 Å². The van der Waals surface area contributed by atoms with Crippen LogP contribution in [0.5, 0.6) is 0 Å². The summed E-state index contributed by atoms with van der Waals surface area (Å²) in [5.41, 5.74) is 1.64. The SMILES string of the molecule is Cc1nccn1-c1cc(C2CCCCC2)n(N)c(=O)c1. The molecule has 106 valence electrons. The van der Waals surface area contributed by atoms with Crippen molar-refractivity contribution in [1.82, 2.24) is 14.2 Å². The predicted molar refractivity (Wildman–Crippen MR) is 78.5 cm³/mol. The van der Waals surface area contributed by atoms with Crippen LogP contribution >= 0.6 is 0 Å². The van der Waals surface area contributed by atoms with Gasteiger partial charge in [0.2, 0.25) is 0 Å². The average Bonchev–Trinajstić information content (AvgIpc) is 2.89. The van der Waals surface area contributed by atoms with E-state index in [-0.39, 0.29) is 5.56 Å². The van der Waals surface area contributed by atoms with Crippen LogP contribution in [0.3, 0.4) is 0 Å². The third-order valence-electron chi connectivity index (χ3n) is 4.21. The number of nitrogens with zero attached hydrogens (tertiary/aromatic N) is 3. The van der Waals surface area contributed by atoms with Gasteiger partial charge < -0.3 is 10.4 Å². The number of rotatable bonds is 2. The molecule has 2 N–H and O–H groups in total. The molecule has 2 aromatic heterocycles. The van der Waals surface area contributed by atoms with E-state index in [2.05, 4.69) is 4.98 Å². The highest BCUT2D eigenvalue weighted by Gasteiger charge is 2.20. The first-order valence-corrected chi connectivity index (χ1v) is 7.19. The molecule has 5 nitrogen and oxygen atoms in total. The molecule has 0 bridgehead atoms. The summed E-state index contributed by atoms with van der Waals surface area (Å²) in [7, 11) is 0. The van der Waals surface area contributed by atoms with Crippen molar-refractivity contribution in [3.8, 4) is 5.69 Å². The fourth-order valence-electron chi connectivity index (χ4n) is 3.09. The Morgan fingerprint density at radius 1 is 1.25 bits per heavy atom. The molecule has 0 atom stereocenters. The standard InChI is InChI=1S/C15H20N4O/c1-11-17-7-8-18(11)13-9-14(19(16)15(20)10-13)12-5-3-2-4-6-12/h7-10,12H,2-6,16H2,1H3. The lowest BCUT2D eigenvalue weighted by atomic mass is 9.86. The molecule has 2 heterocycles. The largest absolute Gasteiger partial charge is 0.336 e. The van der Waals surface area contributed by atoms with Gasteiger partial charge in [0.15, 0.2) is 0 Å². The van der Waals surface area contributed by atoms with Crippen LogP contribution < -0.4 is 11.4 Å². The quantitative estimate of drug-likeness (QED) is 0.851. The maximum Gasteiger partial charge on any atom is 0.270 e. The van der Waals surface area contributed by atoms with E-state index in [1.807, 2.05) is 23.8 Å². The Bertz CT molecular complexity index is 665. The zero-order chi connectivity index (χ0) is 14.1. The van der Waals surface area contributed by atoms with E-state index in [1.165, 1.54) is 23.9 Å². The number of hydrogen-bond donors (Lipinski definition) is 1. The topological polar surface area (TPSA) is 65.8 Å². The molecule has 0 saturated heterocycles. The number of nitrogen functional groups attached to an aromatic ring is 1. The first-order valence-electron chi connectivity index (χ1n) is 7.19. The Morgan fingerprint density at radius 3 is 2.65 bits per heavy atom. The second kappa shape index (κ2) is 5.15. The fourth-order valence-corrected chi connectivity index (χ4v) is 3.09. The third-order valence-corrected chi connectivity index (χ3v) is 4.21. The van der Waals surface area contributed by atoms with Gasteiger partial charge in [0.25, 0.3) is 5.56 Å². The minimum atomic E-state index is -0.156. The molecular weight excluding hydrogens is 252 g/mol. The van der Waals surface area contributed by atoms with E-state index < -0.39 is 0 Å². The Balaban J connectivity index is 2.08. The average molecular weight is 272 g/mol. The Labute approximate surface area is 118 Å². The number of pyridine rings is 1. The van der Waals surface area contributed by atoms with Crippen LogP contribution in [-0.2, 0) is 0 Å². The first kappa shape index (κ1) is 13.0. The van der Waals surface area contributed by atoms with Crippen molar-refractivity contribution in [1.29, 1.82) is 0 Å². The molecule has 0 spiro atoms. The zero-order valence-corrected chi connectivity index (χ0v) is 11.7. The van der Waals surface area contributed by atoms with E-state index in [1.54, 1.807) is 12.3 Å². The summed E-state index contributed by atoms with van der Waals surface area (Å²) in [5, 5.41) is 0. The molecule has 0 radical (unpaired) electrons. The number of hydrogen-bond acceptors (Lipinski definition) is 3. The number of nitrogens with two attached hydrogens (primary N) is 1. The lowest BCUT2D eigenvalue weighted by molar-refractivity contribution is 0.428. The minimum Gasteiger partial charge on any atom is -0.336 e. The summed E-state index contributed by atoms with van der Waals surface area (Å²) in [6.45, 7) is 1.92. The zero-order valence-electron chi connectivity index (χ0n) is 11.7. The van der Waals surface area contributed by atoms with Crippen LogP contribution in [0.25, 0.3) is 5.69 Å². The maximum absolute atomic E-state index is 12.1. The van der Waals surface area contributed by atoms with Crippen LogP contribution in [0.2, 0.25) is 0 Å². The highest BCUT2D eigenvalue weighted by Crippen LogP contribution is 2.32. The van der Waals surface area contributed by atoms with Gasteiger partial charge in [-0.25, -0.2) is 9.66 Å². The van der Waals surface area contributed by atoms with Gasteiger partial charge in [-0.05, 0) is 25.8 Å². The smallest absolute Gasteiger partial charge is 0.270 e. The summed E-state index contributed by atoms with van der Waals surface area (Å²) in [6, 6.07) is 3.60. The van der Waals surface area contributed by atoms with Crippen molar-refractivity contribution in [3.63, 3.8) is 0 Å². The summed E-state index contributed by atoms with van der Waals surface area (Å²) < 4.78 is 3.24. The molecule has 5 heteroatoms. The maximum atomic E-state index is 12.1. The van der Waals surface area contributed by atoms with E-state index in [0.717, 1.165) is 30.0 Å². The predicted octanol–water partition coefficient (Wildman–Crippen LogP) is 2.10. The van der Waals surface area contributed by atoms with E-state index in [9.17, 15) is 4.79 Å². The van der Waals surface area contributed by atoms with Crippen LogP contribution in [0.4, 0.5) is 0 Å². The van der Waals surface area contributed by atoms with Gasteiger partial charge in [-0.1, -0.05) is 19.3 Å². The Morgan fingerprint density at radius 2 is 2.00 bits per heavy atom. The molecule has 1 aliphatic rings. The highest BCUT2D eigenvalue weighted by atomic mass is 16.1. The van der Waals surface area contributed by atoms with Crippen molar-refractivity contribution in [2.75, 3.05) is 5.84 Å². The van der Waals surface area contributed by atoms with Crippen LogP contribution in [-0.4, -0.2) is 14.2 Å². The lowest BCUT2D eigenvalue weighted by Gasteiger charge is -2.24. The van der Waals surface area contributed by atoms with Gasteiger partial charge in [0.05, 0.1) is 5.69 Å². The van der Waals surface area contributed by atoms with Gasteiger partial charge in [0.1, 0.15) is 5.82 Å². The van der Waals surface area contributed by atoms with Crippen LogP contribution in [0.1, 0.15) is 49.5 Å².